The Balaban J connectivity index is 1.38. The summed E-state index contributed by atoms with van der Waals surface area (Å²) in [5.74, 6) is 0.747. The van der Waals surface area contributed by atoms with Crippen molar-refractivity contribution in [2.75, 3.05) is 45.2 Å². The van der Waals surface area contributed by atoms with Gasteiger partial charge in [0.2, 0.25) is 5.91 Å². The van der Waals surface area contributed by atoms with E-state index in [0.29, 0.717) is 18.9 Å². The van der Waals surface area contributed by atoms with E-state index in [1.165, 1.54) is 0 Å². The third kappa shape index (κ3) is 5.71. The first-order valence-electron chi connectivity index (χ1n) is 10.5. The molecule has 1 N–H and O–H groups in total. The van der Waals surface area contributed by atoms with Crippen LogP contribution in [0, 0.1) is 5.92 Å². The summed E-state index contributed by atoms with van der Waals surface area (Å²) in [6, 6.07) is 7.78. The van der Waals surface area contributed by atoms with Crippen LogP contribution in [0.1, 0.15) is 48.9 Å². The molecular weight excluding hydrogens is 354 g/mol. The lowest BCUT2D eigenvalue weighted by atomic mass is 9.91. The van der Waals surface area contributed by atoms with Gasteiger partial charge in [-0.25, -0.2) is 0 Å². The van der Waals surface area contributed by atoms with Crippen LogP contribution in [0.3, 0.4) is 0 Å². The van der Waals surface area contributed by atoms with Gasteiger partial charge in [-0.05, 0) is 56.2 Å². The second-order valence-electron chi connectivity index (χ2n) is 8.16. The summed E-state index contributed by atoms with van der Waals surface area (Å²) in [5.41, 5.74) is 1.79. The van der Waals surface area contributed by atoms with Crippen LogP contribution < -0.4 is 10.2 Å². The molecule has 28 heavy (non-hydrogen) atoms. The summed E-state index contributed by atoms with van der Waals surface area (Å²) in [6.07, 6.45) is 5.74. The Hall–Kier alpha value is -2.08. The van der Waals surface area contributed by atoms with Gasteiger partial charge in [0, 0.05) is 58.0 Å². The zero-order valence-electron chi connectivity index (χ0n) is 17.2. The largest absolute Gasteiger partial charge is 0.378 e. The lowest BCUT2D eigenvalue weighted by Crippen LogP contribution is -2.39. The van der Waals surface area contributed by atoms with Gasteiger partial charge in [0.15, 0.2) is 0 Å². The first-order chi connectivity index (χ1) is 13.5. The van der Waals surface area contributed by atoms with Crippen LogP contribution in [0.25, 0.3) is 0 Å². The van der Waals surface area contributed by atoms with Crippen molar-refractivity contribution in [2.24, 2.45) is 5.92 Å². The van der Waals surface area contributed by atoms with Gasteiger partial charge in [-0.2, -0.15) is 0 Å². The van der Waals surface area contributed by atoms with Crippen LogP contribution in [0.5, 0.6) is 0 Å². The number of likely N-dealkylation sites (tertiary alicyclic amines) is 1. The molecule has 2 heterocycles. The van der Waals surface area contributed by atoms with Gasteiger partial charge in [0.05, 0.1) is 6.10 Å². The molecule has 2 aliphatic rings. The summed E-state index contributed by atoms with van der Waals surface area (Å²) in [6.45, 7) is 3.00. The van der Waals surface area contributed by atoms with E-state index in [0.717, 1.165) is 63.1 Å². The van der Waals surface area contributed by atoms with E-state index in [2.05, 4.69) is 5.32 Å². The van der Waals surface area contributed by atoms with E-state index in [4.69, 9.17) is 4.74 Å². The highest BCUT2D eigenvalue weighted by Crippen LogP contribution is 2.24. The average Bonchev–Trinajstić information content (AvgIpc) is 3.24. The van der Waals surface area contributed by atoms with E-state index in [-0.39, 0.29) is 17.9 Å². The highest BCUT2D eigenvalue weighted by molar-refractivity contribution is 5.95. The molecule has 154 valence electrons. The van der Waals surface area contributed by atoms with Gasteiger partial charge < -0.3 is 19.9 Å². The quantitative estimate of drug-likeness (QED) is 0.781. The molecule has 3 rings (SSSR count). The van der Waals surface area contributed by atoms with Gasteiger partial charge in [-0.3, -0.25) is 9.59 Å². The third-order valence-electron chi connectivity index (χ3n) is 5.84. The van der Waals surface area contributed by atoms with Gasteiger partial charge in [-0.15, -0.1) is 0 Å². The zero-order chi connectivity index (χ0) is 19.9. The Bertz CT molecular complexity index is 663. The van der Waals surface area contributed by atoms with Crippen LogP contribution in [-0.4, -0.2) is 63.2 Å². The van der Waals surface area contributed by atoms with Crippen molar-refractivity contribution in [1.82, 2.24) is 10.2 Å². The number of amides is 2. The Morgan fingerprint density at radius 1 is 1.21 bits per heavy atom. The molecule has 0 aromatic heterocycles. The first-order valence-corrected chi connectivity index (χ1v) is 10.5. The van der Waals surface area contributed by atoms with E-state index >= 15 is 0 Å². The highest BCUT2D eigenvalue weighted by atomic mass is 16.5. The zero-order valence-corrected chi connectivity index (χ0v) is 17.2. The number of piperidine rings is 1. The summed E-state index contributed by atoms with van der Waals surface area (Å²) < 4.78 is 5.53. The average molecular weight is 388 g/mol. The number of ether oxygens (including phenoxy) is 1. The monoisotopic (exact) mass is 387 g/mol. The summed E-state index contributed by atoms with van der Waals surface area (Å²) in [7, 11) is 3.96. The van der Waals surface area contributed by atoms with Crippen molar-refractivity contribution >= 4 is 17.5 Å². The summed E-state index contributed by atoms with van der Waals surface area (Å²) in [5, 5.41) is 2.99. The molecule has 1 atom stereocenters. The number of hydrogen-bond acceptors (Lipinski definition) is 4. The van der Waals surface area contributed by atoms with Crippen molar-refractivity contribution in [3.8, 4) is 0 Å². The molecule has 0 radical (unpaired) electrons. The Labute approximate surface area is 168 Å². The second-order valence-corrected chi connectivity index (χ2v) is 8.16. The van der Waals surface area contributed by atoms with Crippen LogP contribution in [0.15, 0.2) is 24.3 Å². The predicted molar refractivity (Wildman–Crippen MR) is 111 cm³/mol. The van der Waals surface area contributed by atoms with Crippen molar-refractivity contribution < 1.29 is 14.3 Å². The smallest absolute Gasteiger partial charge is 0.253 e. The van der Waals surface area contributed by atoms with E-state index in [1.807, 2.05) is 48.2 Å². The van der Waals surface area contributed by atoms with Gasteiger partial charge in [0.25, 0.3) is 5.91 Å². The Morgan fingerprint density at radius 3 is 2.68 bits per heavy atom. The van der Waals surface area contributed by atoms with E-state index in [9.17, 15) is 9.59 Å². The van der Waals surface area contributed by atoms with Crippen molar-refractivity contribution in [1.29, 1.82) is 0 Å². The van der Waals surface area contributed by atoms with Gasteiger partial charge in [-0.1, -0.05) is 6.07 Å². The lowest BCUT2D eigenvalue weighted by molar-refractivity contribution is -0.122. The molecule has 2 fully saturated rings. The summed E-state index contributed by atoms with van der Waals surface area (Å²) >= 11 is 0. The number of hydrogen-bond donors (Lipinski definition) is 1. The minimum atomic E-state index is 0.108. The lowest BCUT2D eigenvalue weighted by Gasteiger charge is -2.32. The predicted octanol–water partition coefficient (Wildman–Crippen LogP) is 2.68. The standard InChI is InChI=1S/C22H33N3O3/c1-24(2)19-6-3-5-18(15-19)22(27)25-12-10-17(11-13-25)8-9-21(26)23-16-20-7-4-14-28-20/h3,5-6,15,17,20H,4,7-14,16H2,1-2H3,(H,23,26). The van der Waals surface area contributed by atoms with E-state index in [1.54, 1.807) is 0 Å². The number of nitrogens with zero attached hydrogens (tertiary/aromatic N) is 2. The fraction of sp³-hybridized carbons (Fsp3) is 0.636. The van der Waals surface area contributed by atoms with Crippen molar-refractivity contribution in [2.45, 2.75) is 44.6 Å². The van der Waals surface area contributed by atoms with Gasteiger partial charge >= 0.3 is 0 Å². The molecule has 0 bridgehead atoms. The second kappa shape index (κ2) is 9.92. The van der Waals surface area contributed by atoms with Crippen LogP contribution >= 0.6 is 0 Å². The number of anilines is 1. The number of carbonyl (C=O) groups excluding carboxylic acids is 2. The molecular formula is C22H33N3O3. The third-order valence-corrected chi connectivity index (χ3v) is 5.84. The Kier molecular flexibility index (Phi) is 7.31. The molecule has 2 amide bonds. The van der Waals surface area contributed by atoms with Crippen molar-refractivity contribution in [3.05, 3.63) is 29.8 Å². The Morgan fingerprint density at radius 2 is 2.00 bits per heavy atom. The minimum Gasteiger partial charge on any atom is -0.378 e. The fourth-order valence-corrected chi connectivity index (χ4v) is 3.98. The molecule has 1 unspecified atom stereocenters. The molecule has 2 aliphatic heterocycles. The minimum absolute atomic E-state index is 0.108. The van der Waals surface area contributed by atoms with Crippen LogP contribution in [-0.2, 0) is 9.53 Å². The maximum absolute atomic E-state index is 12.8. The number of benzene rings is 1. The maximum Gasteiger partial charge on any atom is 0.253 e. The number of nitrogens with one attached hydrogen (secondary N) is 1. The summed E-state index contributed by atoms with van der Waals surface area (Å²) in [4.78, 5) is 28.8. The molecule has 0 aliphatic carbocycles. The van der Waals surface area contributed by atoms with Crippen molar-refractivity contribution in [3.63, 3.8) is 0 Å². The maximum atomic E-state index is 12.8. The first kappa shape index (κ1) is 20.6. The molecule has 6 nitrogen and oxygen atoms in total. The SMILES string of the molecule is CN(C)c1cccc(C(=O)N2CCC(CCC(=O)NCC3CCCO3)CC2)c1. The highest BCUT2D eigenvalue weighted by Gasteiger charge is 2.24. The fourth-order valence-electron chi connectivity index (χ4n) is 3.98. The van der Waals surface area contributed by atoms with E-state index < -0.39 is 0 Å². The van der Waals surface area contributed by atoms with Gasteiger partial charge in [0.1, 0.15) is 0 Å². The number of rotatable bonds is 7. The molecule has 6 heteroatoms. The normalized spacial score (nSPS) is 20.2. The van der Waals surface area contributed by atoms with Crippen LogP contribution in [0.4, 0.5) is 5.69 Å². The van der Waals surface area contributed by atoms with Crippen LogP contribution in [0.2, 0.25) is 0 Å². The molecule has 1 aromatic carbocycles. The molecule has 1 aromatic rings. The number of carbonyl (C=O) groups is 2. The molecule has 2 saturated heterocycles. The molecule has 0 saturated carbocycles. The molecule has 0 spiro atoms. The topological polar surface area (TPSA) is 61.9 Å².